The molecule has 0 aromatic heterocycles. The molecule has 4 N–H and O–H groups in total. The molecule has 0 aromatic rings. The minimum Gasteiger partial charge on any atom is -0.464 e. The van der Waals surface area contributed by atoms with E-state index in [1.54, 1.807) is 13.8 Å². The van der Waals surface area contributed by atoms with Crippen molar-refractivity contribution in [2.75, 3.05) is 32.0 Å². The van der Waals surface area contributed by atoms with Gasteiger partial charge in [0.1, 0.15) is 6.61 Å². The van der Waals surface area contributed by atoms with Crippen LogP contribution in [0.1, 0.15) is 20.3 Å². The molecule has 0 saturated carbocycles. The average molecular weight is 415 g/mol. The minimum absolute atomic E-state index is 0.0197. The quantitative estimate of drug-likeness (QED) is 0.484. The third-order valence-corrected chi connectivity index (χ3v) is 4.46. The standard InChI is InChI=1S/C17H25N3O7S/c1-17(2,10-26-13(23)9-18)15-16(25)20-6-5-11(21)19-7-8-28-14(24)4-3-12(22)27-15/h3-4,15H,5-10,18H2,1-2H3,(H,19,21)(H,20,25)/b4-3+/t15-/m0/s1. The maximum atomic E-state index is 12.5. The van der Waals surface area contributed by atoms with Crippen molar-refractivity contribution < 1.29 is 33.4 Å². The van der Waals surface area contributed by atoms with Gasteiger partial charge in [-0.15, -0.1) is 0 Å². The lowest BCUT2D eigenvalue weighted by molar-refractivity contribution is -0.165. The predicted octanol–water partition coefficient (Wildman–Crippen LogP) is -1.12. The Balaban J connectivity index is 2.97. The molecule has 11 heteroatoms. The second kappa shape index (κ2) is 11.4. The van der Waals surface area contributed by atoms with E-state index in [1.807, 2.05) is 0 Å². The number of esters is 2. The summed E-state index contributed by atoms with van der Waals surface area (Å²) in [5.74, 6) is -2.16. The van der Waals surface area contributed by atoms with Gasteiger partial charge in [-0.1, -0.05) is 25.6 Å². The van der Waals surface area contributed by atoms with Crippen LogP contribution in [0, 0.1) is 5.41 Å². The van der Waals surface area contributed by atoms with Crippen LogP contribution >= 0.6 is 11.8 Å². The van der Waals surface area contributed by atoms with Gasteiger partial charge in [0.25, 0.3) is 5.91 Å². The third-order valence-electron chi connectivity index (χ3n) is 3.63. The van der Waals surface area contributed by atoms with Crippen LogP contribution in [-0.2, 0) is 33.4 Å². The number of carbonyl (C=O) groups excluding carboxylic acids is 5. The molecule has 0 saturated heterocycles. The van der Waals surface area contributed by atoms with Crippen molar-refractivity contribution in [2.45, 2.75) is 26.4 Å². The first-order valence-corrected chi connectivity index (χ1v) is 9.60. The molecule has 0 fully saturated rings. The van der Waals surface area contributed by atoms with Crippen molar-refractivity contribution in [1.82, 2.24) is 10.6 Å². The summed E-state index contributed by atoms with van der Waals surface area (Å²) >= 11 is 0.933. The van der Waals surface area contributed by atoms with Crippen LogP contribution < -0.4 is 16.4 Å². The number of carbonyl (C=O) groups is 5. The predicted molar refractivity (Wildman–Crippen MR) is 101 cm³/mol. The van der Waals surface area contributed by atoms with Crippen LogP contribution in [-0.4, -0.2) is 67.0 Å². The molecule has 1 atom stereocenters. The van der Waals surface area contributed by atoms with Gasteiger partial charge in [0.15, 0.2) is 6.10 Å². The van der Waals surface area contributed by atoms with Gasteiger partial charge >= 0.3 is 11.9 Å². The highest BCUT2D eigenvalue weighted by Crippen LogP contribution is 2.25. The van der Waals surface area contributed by atoms with Gasteiger partial charge in [-0.05, 0) is 6.08 Å². The lowest BCUT2D eigenvalue weighted by atomic mass is 9.86. The Bertz CT molecular complexity index is 649. The molecular weight excluding hydrogens is 390 g/mol. The largest absolute Gasteiger partial charge is 0.464 e. The fraction of sp³-hybridized carbons (Fsp3) is 0.588. The van der Waals surface area contributed by atoms with Gasteiger partial charge in [0.05, 0.1) is 6.54 Å². The molecule has 1 aliphatic heterocycles. The SMILES string of the molecule is CC(C)(COC(=O)CN)[C@H]1OC(=O)/C=C/C(=O)SCCNC(=O)CCNC1=O. The van der Waals surface area contributed by atoms with E-state index in [9.17, 15) is 24.0 Å². The fourth-order valence-electron chi connectivity index (χ4n) is 2.13. The minimum atomic E-state index is -1.33. The lowest BCUT2D eigenvalue weighted by Crippen LogP contribution is -2.49. The van der Waals surface area contributed by atoms with Crippen LogP contribution in [0.4, 0.5) is 0 Å². The molecule has 1 aliphatic rings. The van der Waals surface area contributed by atoms with Crippen LogP contribution in [0.25, 0.3) is 0 Å². The molecule has 0 unspecified atom stereocenters. The Kier molecular flexibility index (Phi) is 9.66. The molecule has 0 aliphatic carbocycles. The zero-order valence-corrected chi connectivity index (χ0v) is 16.6. The molecule has 0 radical (unpaired) electrons. The summed E-state index contributed by atoms with van der Waals surface area (Å²) < 4.78 is 10.2. The van der Waals surface area contributed by atoms with E-state index in [0.717, 1.165) is 23.9 Å². The Hall–Kier alpha value is -2.40. The molecule has 2 amide bonds. The molecule has 28 heavy (non-hydrogen) atoms. The van der Waals surface area contributed by atoms with E-state index in [4.69, 9.17) is 15.2 Å². The van der Waals surface area contributed by atoms with Gasteiger partial charge in [-0.25, -0.2) is 4.79 Å². The zero-order valence-electron chi connectivity index (χ0n) is 15.8. The second-order valence-corrected chi connectivity index (χ2v) is 7.66. The molecule has 0 bridgehead atoms. The van der Waals surface area contributed by atoms with Crippen molar-refractivity contribution in [2.24, 2.45) is 11.1 Å². The van der Waals surface area contributed by atoms with Crippen LogP contribution in [0.5, 0.6) is 0 Å². The van der Waals surface area contributed by atoms with Gasteiger partial charge < -0.3 is 25.8 Å². The monoisotopic (exact) mass is 415 g/mol. The number of hydrogen-bond acceptors (Lipinski definition) is 9. The number of nitrogens with two attached hydrogens (primary N) is 1. The zero-order chi connectivity index (χ0) is 21.2. The van der Waals surface area contributed by atoms with Crippen LogP contribution in [0.3, 0.4) is 0 Å². The second-order valence-electron chi connectivity index (χ2n) is 6.56. The summed E-state index contributed by atoms with van der Waals surface area (Å²) in [5, 5.41) is 4.76. The first kappa shape index (κ1) is 23.6. The summed E-state index contributed by atoms with van der Waals surface area (Å²) in [5.41, 5.74) is 4.10. The van der Waals surface area contributed by atoms with E-state index >= 15 is 0 Å². The number of thioether (sulfide) groups is 1. The van der Waals surface area contributed by atoms with Gasteiger partial charge in [-0.2, -0.15) is 0 Å². The average Bonchev–Trinajstić information content (AvgIpc) is 2.65. The molecule has 1 heterocycles. The smallest absolute Gasteiger partial charge is 0.331 e. The van der Waals surface area contributed by atoms with E-state index in [0.29, 0.717) is 5.75 Å². The van der Waals surface area contributed by atoms with Gasteiger partial charge in [0.2, 0.25) is 11.0 Å². The Morgan fingerprint density at radius 1 is 1.25 bits per heavy atom. The molecule has 156 valence electrons. The topological polar surface area (TPSA) is 154 Å². The highest BCUT2D eigenvalue weighted by molar-refractivity contribution is 8.14. The molecule has 10 nitrogen and oxygen atoms in total. The number of hydrogen-bond donors (Lipinski definition) is 3. The van der Waals surface area contributed by atoms with Crippen molar-refractivity contribution in [3.05, 3.63) is 12.2 Å². The highest BCUT2D eigenvalue weighted by Gasteiger charge is 2.39. The maximum absolute atomic E-state index is 12.5. The third kappa shape index (κ3) is 8.53. The first-order valence-electron chi connectivity index (χ1n) is 8.61. The summed E-state index contributed by atoms with van der Waals surface area (Å²) in [6.45, 7) is 2.89. The Morgan fingerprint density at radius 2 is 1.96 bits per heavy atom. The summed E-state index contributed by atoms with van der Waals surface area (Å²) in [6.07, 6.45) is 0.651. The van der Waals surface area contributed by atoms with Crippen molar-refractivity contribution >= 4 is 40.6 Å². The normalized spacial score (nSPS) is 21.5. The molecule has 0 spiro atoms. The van der Waals surface area contributed by atoms with Crippen LogP contribution in [0.2, 0.25) is 0 Å². The molecular formula is C17H25N3O7S. The number of ether oxygens (including phenoxy) is 2. The number of nitrogens with one attached hydrogen (secondary N) is 2. The van der Waals surface area contributed by atoms with Crippen molar-refractivity contribution in [1.29, 1.82) is 0 Å². The Morgan fingerprint density at radius 3 is 2.64 bits per heavy atom. The number of amides is 2. The van der Waals surface area contributed by atoms with E-state index in [-0.39, 0.29) is 38.6 Å². The summed E-state index contributed by atoms with van der Waals surface area (Å²) in [6, 6.07) is 0. The first-order chi connectivity index (χ1) is 13.2. The molecule has 0 aromatic carbocycles. The fourth-order valence-corrected chi connectivity index (χ4v) is 2.70. The Labute approximate surface area is 166 Å². The number of cyclic esters (lactones) is 1. The van der Waals surface area contributed by atoms with E-state index < -0.39 is 34.5 Å². The summed E-state index contributed by atoms with van der Waals surface area (Å²) in [4.78, 5) is 59.4. The molecule has 1 rings (SSSR count). The summed E-state index contributed by atoms with van der Waals surface area (Å²) in [7, 11) is 0. The van der Waals surface area contributed by atoms with E-state index in [2.05, 4.69) is 10.6 Å². The van der Waals surface area contributed by atoms with Gasteiger partial charge in [0, 0.05) is 36.8 Å². The van der Waals surface area contributed by atoms with Crippen LogP contribution in [0.15, 0.2) is 12.2 Å². The number of rotatable bonds is 4. The van der Waals surface area contributed by atoms with Crippen molar-refractivity contribution in [3.63, 3.8) is 0 Å². The maximum Gasteiger partial charge on any atom is 0.331 e. The highest BCUT2D eigenvalue weighted by atomic mass is 32.2. The van der Waals surface area contributed by atoms with Crippen molar-refractivity contribution in [3.8, 4) is 0 Å². The lowest BCUT2D eigenvalue weighted by Gasteiger charge is -2.31. The van der Waals surface area contributed by atoms with Gasteiger partial charge in [-0.3, -0.25) is 19.2 Å². The van der Waals surface area contributed by atoms with E-state index in [1.165, 1.54) is 0 Å².